The highest BCUT2D eigenvalue weighted by molar-refractivity contribution is 6.32. The number of amides is 1. The highest BCUT2D eigenvalue weighted by Gasteiger charge is 2.29. The van der Waals surface area contributed by atoms with E-state index in [2.05, 4.69) is 0 Å². The van der Waals surface area contributed by atoms with Gasteiger partial charge in [-0.1, -0.05) is 31.5 Å². The molecule has 0 saturated carbocycles. The zero-order valence-corrected chi connectivity index (χ0v) is 15.2. The summed E-state index contributed by atoms with van der Waals surface area (Å²) in [5.74, 6) is 1.42. The molecular formula is C19H22ClNO3. The Morgan fingerprint density at radius 1 is 1.12 bits per heavy atom. The van der Waals surface area contributed by atoms with Crippen molar-refractivity contribution in [2.75, 3.05) is 14.2 Å². The predicted molar refractivity (Wildman–Crippen MR) is 95.9 cm³/mol. The minimum absolute atomic E-state index is 0.00429. The molecule has 1 aliphatic rings. The molecule has 0 spiro atoms. The van der Waals surface area contributed by atoms with Gasteiger partial charge in [0, 0.05) is 40.9 Å². The second-order valence-electron chi connectivity index (χ2n) is 5.10. The van der Waals surface area contributed by atoms with Gasteiger partial charge in [0.2, 0.25) is 0 Å². The molecule has 0 aliphatic carbocycles. The minimum Gasteiger partial charge on any atom is -0.497 e. The first-order valence-electron chi connectivity index (χ1n) is 7.91. The van der Waals surface area contributed by atoms with Crippen LogP contribution in [0.25, 0.3) is 0 Å². The average molecular weight is 348 g/mol. The summed E-state index contributed by atoms with van der Waals surface area (Å²) < 4.78 is 10.6. The van der Waals surface area contributed by atoms with Crippen LogP contribution in [0.1, 0.15) is 35.3 Å². The van der Waals surface area contributed by atoms with E-state index in [0.29, 0.717) is 29.4 Å². The van der Waals surface area contributed by atoms with Crippen LogP contribution in [0.5, 0.6) is 11.5 Å². The fourth-order valence-corrected chi connectivity index (χ4v) is 2.90. The molecule has 24 heavy (non-hydrogen) atoms. The van der Waals surface area contributed by atoms with Crippen molar-refractivity contribution in [3.05, 3.63) is 58.1 Å². The molecule has 0 bridgehead atoms. The summed E-state index contributed by atoms with van der Waals surface area (Å²) in [6, 6.07) is 11.0. The topological polar surface area (TPSA) is 38.8 Å². The standard InChI is InChI=1S/C17H16ClNO3.C2H6/c1-21-12-7-6-11(16(8-12)22-2)9-19-10-14-13(17(19)20)4-3-5-15(14)18;1-2/h3-8H,9-10H2,1-2H3;1-2H3. The van der Waals surface area contributed by atoms with Crippen molar-refractivity contribution in [3.8, 4) is 11.5 Å². The van der Waals surface area contributed by atoms with Gasteiger partial charge in [0.1, 0.15) is 11.5 Å². The Bertz CT molecular complexity index is 731. The van der Waals surface area contributed by atoms with E-state index in [0.717, 1.165) is 16.9 Å². The molecule has 128 valence electrons. The van der Waals surface area contributed by atoms with E-state index in [1.807, 2.05) is 44.2 Å². The summed E-state index contributed by atoms with van der Waals surface area (Å²) in [4.78, 5) is 14.2. The molecular weight excluding hydrogens is 326 g/mol. The molecule has 1 heterocycles. The smallest absolute Gasteiger partial charge is 0.254 e. The Hall–Kier alpha value is -2.20. The number of hydrogen-bond donors (Lipinski definition) is 0. The van der Waals surface area contributed by atoms with Crippen LogP contribution in [0.3, 0.4) is 0 Å². The Kier molecular flexibility index (Phi) is 6.10. The van der Waals surface area contributed by atoms with Crippen LogP contribution < -0.4 is 9.47 Å². The molecule has 0 aromatic heterocycles. The third-order valence-electron chi connectivity index (χ3n) is 3.84. The van der Waals surface area contributed by atoms with E-state index >= 15 is 0 Å². The van der Waals surface area contributed by atoms with Crippen molar-refractivity contribution < 1.29 is 14.3 Å². The number of nitrogens with zero attached hydrogens (tertiary/aromatic N) is 1. The van der Waals surface area contributed by atoms with E-state index in [-0.39, 0.29) is 5.91 Å². The number of rotatable bonds is 4. The lowest BCUT2D eigenvalue weighted by molar-refractivity contribution is 0.0765. The summed E-state index contributed by atoms with van der Waals surface area (Å²) in [6.07, 6.45) is 0. The van der Waals surface area contributed by atoms with Gasteiger partial charge in [-0.3, -0.25) is 4.79 Å². The maximum absolute atomic E-state index is 12.5. The van der Waals surface area contributed by atoms with E-state index in [9.17, 15) is 4.79 Å². The van der Waals surface area contributed by atoms with Crippen LogP contribution >= 0.6 is 11.6 Å². The fourth-order valence-electron chi connectivity index (χ4n) is 2.67. The zero-order valence-electron chi connectivity index (χ0n) is 14.4. The quantitative estimate of drug-likeness (QED) is 0.815. The van der Waals surface area contributed by atoms with Crippen LogP contribution in [0.15, 0.2) is 36.4 Å². The van der Waals surface area contributed by atoms with Crippen molar-refractivity contribution in [2.24, 2.45) is 0 Å². The van der Waals surface area contributed by atoms with E-state index in [1.54, 1.807) is 25.2 Å². The van der Waals surface area contributed by atoms with E-state index in [1.165, 1.54) is 0 Å². The van der Waals surface area contributed by atoms with Gasteiger partial charge < -0.3 is 14.4 Å². The second kappa shape index (κ2) is 8.06. The fraction of sp³-hybridized carbons (Fsp3) is 0.316. The van der Waals surface area contributed by atoms with Gasteiger partial charge in [-0.15, -0.1) is 0 Å². The number of carbonyl (C=O) groups is 1. The van der Waals surface area contributed by atoms with Gasteiger partial charge in [-0.05, 0) is 24.3 Å². The Labute approximate surface area is 147 Å². The first-order chi connectivity index (χ1) is 11.6. The SMILES string of the molecule is CC.COc1ccc(CN2Cc3c(Cl)cccc3C2=O)c(OC)c1. The summed E-state index contributed by atoms with van der Waals surface area (Å²) in [5, 5.41) is 0.634. The second-order valence-corrected chi connectivity index (χ2v) is 5.51. The molecule has 1 amide bonds. The third-order valence-corrected chi connectivity index (χ3v) is 4.20. The molecule has 0 saturated heterocycles. The maximum Gasteiger partial charge on any atom is 0.254 e. The first kappa shape index (κ1) is 18.1. The normalized spacial score (nSPS) is 12.4. The number of hydrogen-bond acceptors (Lipinski definition) is 3. The highest BCUT2D eigenvalue weighted by atomic mass is 35.5. The summed E-state index contributed by atoms with van der Waals surface area (Å²) in [6.45, 7) is 4.99. The maximum atomic E-state index is 12.5. The van der Waals surface area contributed by atoms with Crippen LogP contribution in [-0.4, -0.2) is 25.0 Å². The minimum atomic E-state index is -0.00429. The largest absolute Gasteiger partial charge is 0.497 e. The molecule has 0 fully saturated rings. The van der Waals surface area contributed by atoms with Gasteiger partial charge in [0.15, 0.2) is 0 Å². The lowest BCUT2D eigenvalue weighted by Crippen LogP contribution is -2.23. The van der Waals surface area contributed by atoms with Crippen LogP contribution in [0, 0.1) is 0 Å². The third kappa shape index (κ3) is 3.49. The van der Waals surface area contributed by atoms with Gasteiger partial charge in [0.05, 0.1) is 14.2 Å². The van der Waals surface area contributed by atoms with Crippen molar-refractivity contribution >= 4 is 17.5 Å². The monoisotopic (exact) mass is 347 g/mol. The Morgan fingerprint density at radius 2 is 1.88 bits per heavy atom. The molecule has 0 unspecified atom stereocenters. The lowest BCUT2D eigenvalue weighted by atomic mass is 10.1. The van der Waals surface area contributed by atoms with E-state index in [4.69, 9.17) is 21.1 Å². The molecule has 2 aromatic rings. The van der Waals surface area contributed by atoms with Crippen LogP contribution in [-0.2, 0) is 13.1 Å². The molecule has 0 atom stereocenters. The van der Waals surface area contributed by atoms with Crippen LogP contribution in [0.2, 0.25) is 5.02 Å². The molecule has 1 aliphatic heterocycles. The summed E-state index contributed by atoms with van der Waals surface area (Å²) in [7, 11) is 3.22. The number of methoxy groups -OCH3 is 2. The summed E-state index contributed by atoms with van der Waals surface area (Å²) >= 11 is 6.18. The first-order valence-corrected chi connectivity index (χ1v) is 8.29. The zero-order chi connectivity index (χ0) is 17.7. The highest BCUT2D eigenvalue weighted by Crippen LogP contribution is 2.32. The lowest BCUT2D eigenvalue weighted by Gasteiger charge is -2.18. The number of ether oxygens (including phenoxy) is 2. The molecule has 3 rings (SSSR count). The van der Waals surface area contributed by atoms with Crippen molar-refractivity contribution in [2.45, 2.75) is 26.9 Å². The number of fused-ring (bicyclic) bond motifs is 1. The molecule has 0 radical (unpaired) electrons. The van der Waals surface area contributed by atoms with Crippen molar-refractivity contribution in [1.82, 2.24) is 4.90 Å². The molecule has 4 nitrogen and oxygen atoms in total. The van der Waals surface area contributed by atoms with Gasteiger partial charge in [-0.25, -0.2) is 0 Å². The average Bonchev–Trinajstić information content (AvgIpc) is 2.95. The summed E-state index contributed by atoms with van der Waals surface area (Å²) in [5.41, 5.74) is 2.50. The van der Waals surface area contributed by atoms with Crippen molar-refractivity contribution in [1.29, 1.82) is 0 Å². The van der Waals surface area contributed by atoms with Gasteiger partial charge >= 0.3 is 0 Å². The number of halogens is 1. The molecule has 2 aromatic carbocycles. The Balaban J connectivity index is 0.00000100. The van der Waals surface area contributed by atoms with Crippen LogP contribution in [0.4, 0.5) is 0 Å². The van der Waals surface area contributed by atoms with Crippen molar-refractivity contribution in [3.63, 3.8) is 0 Å². The molecule has 0 N–H and O–H groups in total. The van der Waals surface area contributed by atoms with E-state index < -0.39 is 0 Å². The number of carbonyl (C=O) groups excluding carboxylic acids is 1. The molecule has 5 heteroatoms. The van der Waals surface area contributed by atoms with Gasteiger partial charge in [-0.2, -0.15) is 0 Å². The number of benzene rings is 2. The van der Waals surface area contributed by atoms with Gasteiger partial charge in [0.25, 0.3) is 5.91 Å². The predicted octanol–water partition coefficient (Wildman–Crippen LogP) is 4.54. The Morgan fingerprint density at radius 3 is 2.50 bits per heavy atom.